The lowest BCUT2D eigenvalue weighted by molar-refractivity contribution is 0.213. The highest BCUT2D eigenvalue weighted by Gasteiger charge is 2.24. The lowest BCUT2D eigenvalue weighted by atomic mass is 10.0. The van der Waals surface area contributed by atoms with E-state index in [1.165, 1.54) is 17.7 Å². The van der Waals surface area contributed by atoms with Gasteiger partial charge in [-0.1, -0.05) is 28.9 Å². The zero-order valence-corrected chi connectivity index (χ0v) is 14.4. The molecular weight excluding hydrogens is 314 g/mol. The molecule has 1 aliphatic heterocycles. The highest BCUT2D eigenvalue weighted by atomic mass is 79.9. The summed E-state index contributed by atoms with van der Waals surface area (Å²) in [5, 5.41) is 0. The highest BCUT2D eigenvalue weighted by Crippen LogP contribution is 2.28. The Morgan fingerprint density at radius 3 is 2.80 bits per heavy atom. The van der Waals surface area contributed by atoms with E-state index >= 15 is 0 Å². The smallest absolute Gasteiger partial charge is 0.0411 e. The minimum atomic E-state index is 0.198. The number of nitrogens with zero attached hydrogens (tertiary/aromatic N) is 2. The summed E-state index contributed by atoms with van der Waals surface area (Å²) in [5.74, 6) is 0. The van der Waals surface area contributed by atoms with Crippen LogP contribution < -0.4 is 10.6 Å². The second kappa shape index (κ2) is 6.92. The molecule has 1 fully saturated rings. The average Bonchev–Trinajstić information content (AvgIpc) is 2.41. The van der Waals surface area contributed by atoms with E-state index in [4.69, 9.17) is 5.73 Å². The van der Waals surface area contributed by atoms with Crippen LogP contribution in [0.3, 0.4) is 0 Å². The van der Waals surface area contributed by atoms with E-state index in [9.17, 15) is 0 Å². The van der Waals surface area contributed by atoms with Crippen molar-refractivity contribution in [1.29, 1.82) is 0 Å². The van der Waals surface area contributed by atoms with E-state index in [-0.39, 0.29) is 6.04 Å². The summed E-state index contributed by atoms with van der Waals surface area (Å²) in [6.45, 7) is 7.67. The van der Waals surface area contributed by atoms with Crippen LogP contribution in [0.5, 0.6) is 0 Å². The molecule has 1 saturated heterocycles. The molecule has 2 N–H and O–H groups in total. The van der Waals surface area contributed by atoms with Crippen molar-refractivity contribution >= 4 is 21.6 Å². The fourth-order valence-corrected chi connectivity index (χ4v) is 3.31. The Kier molecular flexibility index (Phi) is 5.47. The van der Waals surface area contributed by atoms with Crippen molar-refractivity contribution in [3.05, 3.63) is 28.2 Å². The molecule has 2 atom stereocenters. The third-order valence-corrected chi connectivity index (χ3v) is 4.67. The van der Waals surface area contributed by atoms with Crippen LogP contribution in [0.4, 0.5) is 5.69 Å². The van der Waals surface area contributed by atoms with Gasteiger partial charge >= 0.3 is 0 Å². The molecule has 4 heteroatoms. The molecule has 112 valence electrons. The van der Waals surface area contributed by atoms with Crippen molar-refractivity contribution in [2.24, 2.45) is 5.73 Å². The van der Waals surface area contributed by atoms with Crippen LogP contribution in [0.25, 0.3) is 0 Å². The maximum atomic E-state index is 6.00. The normalized spacial score (nSPS) is 22.1. The molecule has 0 aromatic heterocycles. The summed E-state index contributed by atoms with van der Waals surface area (Å²) < 4.78 is 1.15. The first-order chi connectivity index (χ1) is 9.51. The third kappa shape index (κ3) is 3.74. The van der Waals surface area contributed by atoms with Crippen LogP contribution >= 0.6 is 15.9 Å². The fraction of sp³-hybridized carbons (Fsp3) is 0.625. The predicted molar refractivity (Wildman–Crippen MR) is 90.4 cm³/mol. The van der Waals surface area contributed by atoms with Crippen LogP contribution in [-0.2, 0) is 6.42 Å². The molecule has 0 radical (unpaired) electrons. The molecule has 20 heavy (non-hydrogen) atoms. The van der Waals surface area contributed by atoms with Crippen molar-refractivity contribution in [1.82, 2.24) is 4.90 Å². The molecule has 2 unspecified atom stereocenters. The molecule has 2 rings (SSSR count). The number of piperazine rings is 1. The number of likely N-dealkylation sites (N-methyl/N-ethyl adjacent to an activating group) is 1. The van der Waals surface area contributed by atoms with Gasteiger partial charge in [0.25, 0.3) is 0 Å². The summed E-state index contributed by atoms with van der Waals surface area (Å²) in [7, 11) is 2.23. The second-order valence-electron chi connectivity index (χ2n) is 5.94. The number of halogens is 1. The standard InChI is InChI=1S/C16H26BrN3/c1-4-15-11-20(8-7-19(15)3)16-10-14(17)6-5-13(16)9-12(2)18/h5-6,10,12,15H,4,7-9,11,18H2,1-3H3. The van der Waals surface area contributed by atoms with E-state index in [1.54, 1.807) is 0 Å². The Bertz CT molecular complexity index is 447. The first-order valence-corrected chi connectivity index (χ1v) is 8.29. The molecular formula is C16H26BrN3. The molecule has 1 heterocycles. The number of hydrogen-bond donors (Lipinski definition) is 1. The Morgan fingerprint density at radius 1 is 1.40 bits per heavy atom. The maximum Gasteiger partial charge on any atom is 0.0411 e. The summed E-state index contributed by atoms with van der Waals surface area (Å²) in [6.07, 6.45) is 2.13. The van der Waals surface area contributed by atoms with Gasteiger partial charge in [-0.05, 0) is 44.5 Å². The van der Waals surface area contributed by atoms with Gasteiger partial charge in [-0.3, -0.25) is 4.90 Å². The Hall–Kier alpha value is -0.580. The van der Waals surface area contributed by atoms with Gasteiger partial charge < -0.3 is 10.6 Å². The number of nitrogens with two attached hydrogens (primary N) is 1. The summed E-state index contributed by atoms with van der Waals surface area (Å²) in [5.41, 5.74) is 8.71. The van der Waals surface area contributed by atoms with E-state index in [0.29, 0.717) is 6.04 Å². The number of anilines is 1. The third-order valence-electron chi connectivity index (χ3n) is 4.18. The minimum absolute atomic E-state index is 0.198. The molecule has 0 spiro atoms. The first-order valence-electron chi connectivity index (χ1n) is 7.50. The SMILES string of the molecule is CCC1CN(c2cc(Br)ccc2CC(C)N)CCN1C. The van der Waals surface area contributed by atoms with Crippen molar-refractivity contribution in [2.45, 2.75) is 38.8 Å². The van der Waals surface area contributed by atoms with E-state index in [0.717, 1.165) is 30.5 Å². The first kappa shape index (κ1) is 15.8. The Morgan fingerprint density at radius 2 is 2.15 bits per heavy atom. The average molecular weight is 340 g/mol. The van der Waals surface area contributed by atoms with Gasteiger partial charge in [-0.15, -0.1) is 0 Å². The summed E-state index contributed by atoms with van der Waals surface area (Å²) in [4.78, 5) is 5.00. The zero-order chi connectivity index (χ0) is 14.7. The van der Waals surface area contributed by atoms with Crippen LogP contribution in [0.2, 0.25) is 0 Å². The highest BCUT2D eigenvalue weighted by molar-refractivity contribution is 9.10. The quantitative estimate of drug-likeness (QED) is 0.915. The van der Waals surface area contributed by atoms with E-state index in [1.807, 2.05) is 0 Å². The van der Waals surface area contributed by atoms with Crippen LogP contribution in [0, 0.1) is 0 Å². The van der Waals surface area contributed by atoms with E-state index in [2.05, 4.69) is 64.8 Å². The van der Waals surface area contributed by atoms with Gasteiger partial charge in [0.1, 0.15) is 0 Å². The lowest BCUT2D eigenvalue weighted by Crippen LogP contribution is -2.51. The molecule has 1 aliphatic rings. The van der Waals surface area contributed by atoms with Gasteiger partial charge in [0, 0.05) is 41.9 Å². The van der Waals surface area contributed by atoms with Gasteiger partial charge in [-0.25, -0.2) is 0 Å². The molecule has 3 nitrogen and oxygen atoms in total. The van der Waals surface area contributed by atoms with Crippen molar-refractivity contribution in [3.63, 3.8) is 0 Å². The number of hydrogen-bond acceptors (Lipinski definition) is 3. The van der Waals surface area contributed by atoms with Gasteiger partial charge in [-0.2, -0.15) is 0 Å². The van der Waals surface area contributed by atoms with Crippen molar-refractivity contribution in [2.75, 3.05) is 31.6 Å². The van der Waals surface area contributed by atoms with Crippen molar-refractivity contribution in [3.8, 4) is 0 Å². The van der Waals surface area contributed by atoms with Gasteiger partial charge in [0.05, 0.1) is 0 Å². The molecule has 1 aromatic rings. The summed E-state index contributed by atoms with van der Waals surface area (Å²) >= 11 is 3.60. The van der Waals surface area contributed by atoms with Crippen LogP contribution in [-0.4, -0.2) is 43.7 Å². The maximum absolute atomic E-state index is 6.00. The van der Waals surface area contributed by atoms with Gasteiger partial charge in [0.2, 0.25) is 0 Å². The minimum Gasteiger partial charge on any atom is -0.368 e. The molecule has 0 saturated carbocycles. The molecule has 1 aromatic carbocycles. The zero-order valence-electron chi connectivity index (χ0n) is 12.8. The predicted octanol–water partition coefficient (Wildman–Crippen LogP) is 2.87. The van der Waals surface area contributed by atoms with Crippen LogP contribution in [0.1, 0.15) is 25.8 Å². The van der Waals surface area contributed by atoms with Crippen molar-refractivity contribution < 1.29 is 0 Å². The second-order valence-corrected chi connectivity index (χ2v) is 6.86. The number of benzene rings is 1. The van der Waals surface area contributed by atoms with Crippen LogP contribution in [0.15, 0.2) is 22.7 Å². The Labute approximate surface area is 131 Å². The molecule has 0 aliphatic carbocycles. The largest absolute Gasteiger partial charge is 0.368 e. The van der Waals surface area contributed by atoms with Gasteiger partial charge in [0.15, 0.2) is 0 Å². The number of rotatable bonds is 4. The fourth-order valence-electron chi connectivity index (χ4n) is 2.96. The lowest BCUT2D eigenvalue weighted by Gasteiger charge is -2.41. The molecule has 0 bridgehead atoms. The summed E-state index contributed by atoms with van der Waals surface area (Å²) in [6, 6.07) is 7.42. The van der Waals surface area contributed by atoms with E-state index < -0.39 is 0 Å². The monoisotopic (exact) mass is 339 g/mol. The Balaban J connectivity index is 2.24. The molecule has 0 amide bonds. The topological polar surface area (TPSA) is 32.5 Å².